The lowest BCUT2D eigenvalue weighted by molar-refractivity contribution is -0.131. The molecule has 2 atom stereocenters. The number of likely N-dealkylation sites (tertiary alicyclic amines) is 1. The van der Waals surface area contributed by atoms with Crippen LogP contribution in [-0.4, -0.2) is 55.0 Å². The number of sulfonamides is 1. The third kappa shape index (κ3) is 4.29. The third-order valence-electron chi connectivity index (χ3n) is 5.59. The molecule has 144 valence electrons. The minimum atomic E-state index is -3.26. The Morgan fingerprint density at radius 2 is 1.85 bits per heavy atom. The molecule has 2 fully saturated rings. The zero-order valence-corrected chi connectivity index (χ0v) is 16.6. The first-order valence-electron chi connectivity index (χ1n) is 9.68. The van der Waals surface area contributed by atoms with Crippen LogP contribution in [0.5, 0.6) is 0 Å². The number of amides is 1. The van der Waals surface area contributed by atoms with Gasteiger partial charge in [0.1, 0.15) is 0 Å². The molecular weight excluding hydrogens is 348 g/mol. The monoisotopic (exact) mass is 378 g/mol. The van der Waals surface area contributed by atoms with Crippen molar-refractivity contribution in [3.8, 4) is 0 Å². The van der Waals surface area contributed by atoms with Gasteiger partial charge in [0, 0.05) is 32.6 Å². The summed E-state index contributed by atoms with van der Waals surface area (Å²) in [5.74, 6) is 0.647. The SMILES string of the molecule is CC(C)CC(=O)N1CC[C@@H]2CN(CCc3ccccc3)S(=O)(=O)[C@@H]2CC1. The van der Waals surface area contributed by atoms with Crippen molar-refractivity contribution in [1.82, 2.24) is 9.21 Å². The van der Waals surface area contributed by atoms with Crippen molar-refractivity contribution in [2.45, 2.75) is 44.8 Å². The average molecular weight is 379 g/mol. The Bertz CT molecular complexity index is 718. The van der Waals surface area contributed by atoms with Gasteiger partial charge < -0.3 is 4.90 Å². The zero-order valence-electron chi connectivity index (χ0n) is 15.8. The predicted octanol–water partition coefficient (Wildman–Crippen LogP) is 2.53. The van der Waals surface area contributed by atoms with Gasteiger partial charge in [0.25, 0.3) is 0 Å². The molecule has 5 nitrogen and oxygen atoms in total. The van der Waals surface area contributed by atoms with E-state index in [1.54, 1.807) is 4.31 Å². The Morgan fingerprint density at radius 3 is 2.54 bits per heavy atom. The van der Waals surface area contributed by atoms with Crippen molar-refractivity contribution in [2.24, 2.45) is 11.8 Å². The zero-order chi connectivity index (χ0) is 18.7. The molecule has 0 saturated carbocycles. The van der Waals surface area contributed by atoms with Crippen LogP contribution in [0.3, 0.4) is 0 Å². The number of fused-ring (bicyclic) bond motifs is 1. The Hall–Kier alpha value is -1.40. The van der Waals surface area contributed by atoms with Gasteiger partial charge in [0.05, 0.1) is 5.25 Å². The van der Waals surface area contributed by atoms with Crippen molar-refractivity contribution in [1.29, 1.82) is 0 Å². The van der Waals surface area contributed by atoms with Crippen LogP contribution in [0.1, 0.15) is 38.7 Å². The van der Waals surface area contributed by atoms with Gasteiger partial charge in [-0.2, -0.15) is 0 Å². The highest BCUT2D eigenvalue weighted by Crippen LogP contribution is 2.34. The third-order valence-corrected chi connectivity index (χ3v) is 8.03. The molecule has 1 aromatic carbocycles. The number of nitrogens with zero attached hydrogens (tertiary/aromatic N) is 2. The van der Waals surface area contributed by atoms with E-state index < -0.39 is 10.0 Å². The van der Waals surface area contributed by atoms with E-state index >= 15 is 0 Å². The van der Waals surface area contributed by atoms with E-state index in [0.717, 1.165) is 12.8 Å². The van der Waals surface area contributed by atoms with Gasteiger partial charge in [0.15, 0.2) is 0 Å². The Labute approximate surface area is 157 Å². The van der Waals surface area contributed by atoms with Gasteiger partial charge in [-0.25, -0.2) is 12.7 Å². The van der Waals surface area contributed by atoms with Crippen LogP contribution < -0.4 is 0 Å². The second-order valence-electron chi connectivity index (χ2n) is 7.99. The lowest BCUT2D eigenvalue weighted by atomic mass is 10.0. The maximum atomic E-state index is 13.0. The van der Waals surface area contributed by atoms with Crippen molar-refractivity contribution < 1.29 is 13.2 Å². The van der Waals surface area contributed by atoms with Crippen LogP contribution in [0.25, 0.3) is 0 Å². The maximum Gasteiger partial charge on any atom is 0.222 e. The molecule has 2 saturated heterocycles. The van der Waals surface area contributed by atoms with E-state index in [1.165, 1.54) is 5.56 Å². The molecule has 2 aliphatic heterocycles. The largest absolute Gasteiger partial charge is 0.343 e. The second kappa shape index (κ2) is 8.09. The molecule has 26 heavy (non-hydrogen) atoms. The Morgan fingerprint density at radius 1 is 1.15 bits per heavy atom. The molecule has 2 aliphatic rings. The molecule has 0 aromatic heterocycles. The number of benzene rings is 1. The number of carbonyl (C=O) groups is 1. The van der Waals surface area contributed by atoms with Crippen LogP contribution in [0.4, 0.5) is 0 Å². The lowest BCUT2D eigenvalue weighted by Gasteiger charge is -2.23. The molecule has 0 N–H and O–H groups in total. The molecule has 3 rings (SSSR count). The highest BCUT2D eigenvalue weighted by Gasteiger charge is 2.46. The van der Waals surface area contributed by atoms with Crippen LogP contribution in [-0.2, 0) is 21.2 Å². The summed E-state index contributed by atoms with van der Waals surface area (Å²) in [7, 11) is -3.26. The molecular formula is C20H30N2O3S. The highest BCUT2D eigenvalue weighted by molar-refractivity contribution is 7.90. The Balaban J connectivity index is 1.61. The van der Waals surface area contributed by atoms with Crippen molar-refractivity contribution in [3.63, 3.8) is 0 Å². The van der Waals surface area contributed by atoms with E-state index in [1.807, 2.05) is 49.1 Å². The van der Waals surface area contributed by atoms with Gasteiger partial charge in [0.2, 0.25) is 15.9 Å². The number of carbonyl (C=O) groups excluding carboxylic acids is 1. The van der Waals surface area contributed by atoms with E-state index in [-0.39, 0.29) is 17.1 Å². The van der Waals surface area contributed by atoms with Crippen LogP contribution in [0.15, 0.2) is 30.3 Å². The summed E-state index contributed by atoms with van der Waals surface area (Å²) in [5, 5.41) is -0.324. The van der Waals surface area contributed by atoms with Gasteiger partial charge in [-0.1, -0.05) is 44.2 Å². The van der Waals surface area contributed by atoms with E-state index in [9.17, 15) is 13.2 Å². The second-order valence-corrected chi connectivity index (χ2v) is 10.1. The van der Waals surface area contributed by atoms with Crippen LogP contribution in [0, 0.1) is 11.8 Å². The summed E-state index contributed by atoms with van der Waals surface area (Å²) in [6.07, 6.45) is 2.65. The first kappa shape index (κ1) is 19.4. The molecule has 0 unspecified atom stereocenters. The summed E-state index contributed by atoms with van der Waals surface area (Å²) in [6.45, 7) is 6.49. The summed E-state index contributed by atoms with van der Waals surface area (Å²) in [4.78, 5) is 14.2. The molecule has 2 heterocycles. The fraction of sp³-hybridized carbons (Fsp3) is 0.650. The van der Waals surface area contributed by atoms with Crippen LogP contribution >= 0.6 is 0 Å². The average Bonchev–Trinajstić information content (AvgIpc) is 2.74. The van der Waals surface area contributed by atoms with E-state index in [2.05, 4.69) is 0 Å². The molecule has 6 heteroatoms. The lowest BCUT2D eigenvalue weighted by Crippen LogP contribution is -2.35. The summed E-state index contributed by atoms with van der Waals surface area (Å²) in [6, 6.07) is 10.0. The quantitative estimate of drug-likeness (QED) is 0.791. The normalized spacial score (nSPS) is 25.9. The first-order valence-corrected chi connectivity index (χ1v) is 11.2. The maximum absolute atomic E-state index is 13.0. The molecule has 0 radical (unpaired) electrons. The minimum absolute atomic E-state index is 0.146. The van der Waals surface area contributed by atoms with Gasteiger partial charge in [-0.3, -0.25) is 4.79 Å². The van der Waals surface area contributed by atoms with Gasteiger partial charge in [-0.15, -0.1) is 0 Å². The molecule has 1 aromatic rings. The summed E-state index contributed by atoms with van der Waals surface area (Å²) >= 11 is 0. The molecule has 0 aliphatic carbocycles. The molecule has 1 amide bonds. The minimum Gasteiger partial charge on any atom is -0.343 e. The van der Waals surface area contributed by atoms with Crippen molar-refractivity contribution in [2.75, 3.05) is 26.2 Å². The molecule has 0 bridgehead atoms. The highest BCUT2D eigenvalue weighted by atomic mass is 32.2. The standard InChI is InChI=1S/C20H30N2O3S/c1-16(2)14-20(23)21-11-9-18-15-22(26(24,25)19(18)10-12-21)13-8-17-6-4-3-5-7-17/h3-7,16,18-19H,8-15H2,1-2H3/t18-,19-/m1/s1. The fourth-order valence-electron chi connectivity index (χ4n) is 4.14. The Kier molecular flexibility index (Phi) is 6.03. The topological polar surface area (TPSA) is 57.7 Å². The first-order chi connectivity index (χ1) is 12.4. The summed E-state index contributed by atoms with van der Waals surface area (Å²) in [5.41, 5.74) is 1.17. The summed E-state index contributed by atoms with van der Waals surface area (Å²) < 4.78 is 27.6. The molecule has 0 spiro atoms. The van der Waals surface area contributed by atoms with Crippen molar-refractivity contribution >= 4 is 15.9 Å². The smallest absolute Gasteiger partial charge is 0.222 e. The van der Waals surface area contributed by atoms with Gasteiger partial charge in [-0.05, 0) is 36.7 Å². The number of hydrogen-bond donors (Lipinski definition) is 0. The van der Waals surface area contributed by atoms with E-state index in [4.69, 9.17) is 0 Å². The van der Waals surface area contributed by atoms with Gasteiger partial charge >= 0.3 is 0 Å². The van der Waals surface area contributed by atoms with Crippen LogP contribution in [0.2, 0.25) is 0 Å². The number of hydrogen-bond acceptors (Lipinski definition) is 3. The fourth-order valence-corrected chi connectivity index (χ4v) is 6.38. The predicted molar refractivity (Wildman–Crippen MR) is 103 cm³/mol. The van der Waals surface area contributed by atoms with Crippen molar-refractivity contribution in [3.05, 3.63) is 35.9 Å². The number of rotatable bonds is 5. The van der Waals surface area contributed by atoms with E-state index in [0.29, 0.717) is 44.9 Å².